The molecule has 0 bridgehead atoms. The van der Waals surface area contributed by atoms with Gasteiger partial charge in [-0.05, 0) is 18.8 Å². The fourth-order valence-corrected chi connectivity index (χ4v) is 2.01. The molecule has 1 aliphatic carbocycles. The Hall–Kier alpha value is -1.26. The summed E-state index contributed by atoms with van der Waals surface area (Å²) < 4.78 is 0. The molecule has 2 atom stereocenters. The molecule has 0 saturated heterocycles. The standard InChI is InChI=1S/C12H23N3O2/c1-5-15(7-8(2)10(13)14-17)11(16)9-6-12(9,3)4/h8-9,17H,5-7H2,1-4H3,(H2,13,14). The van der Waals surface area contributed by atoms with Gasteiger partial charge in [0.1, 0.15) is 5.84 Å². The van der Waals surface area contributed by atoms with Crippen LogP contribution in [0.4, 0.5) is 0 Å². The monoisotopic (exact) mass is 241 g/mol. The van der Waals surface area contributed by atoms with Crippen LogP contribution >= 0.6 is 0 Å². The van der Waals surface area contributed by atoms with Crippen LogP contribution in [-0.4, -0.2) is 34.9 Å². The Labute approximate surface area is 103 Å². The quantitative estimate of drug-likeness (QED) is 0.329. The van der Waals surface area contributed by atoms with Crippen molar-refractivity contribution in [2.75, 3.05) is 13.1 Å². The molecule has 1 fully saturated rings. The molecule has 5 nitrogen and oxygen atoms in total. The number of amides is 1. The lowest BCUT2D eigenvalue weighted by atomic mass is 10.1. The van der Waals surface area contributed by atoms with Gasteiger partial charge in [0.25, 0.3) is 0 Å². The largest absolute Gasteiger partial charge is 0.409 e. The Bertz CT molecular complexity index is 326. The van der Waals surface area contributed by atoms with Gasteiger partial charge in [0.05, 0.1) is 0 Å². The highest BCUT2D eigenvalue weighted by Crippen LogP contribution is 2.52. The maximum absolute atomic E-state index is 12.2. The SMILES string of the molecule is CCN(CC(C)C(N)=NO)C(=O)C1CC1(C)C. The smallest absolute Gasteiger partial charge is 0.226 e. The van der Waals surface area contributed by atoms with Crippen LogP contribution in [0.15, 0.2) is 5.16 Å². The van der Waals surface area contributed by atoms with Crippen molar-refractivity contribution in [3.8, 4) is 0 Å². The molecular formula is C12H23N3O2. The van der Waals surface area contributed by atoms with Gasteiger partial charge in [-0.3, -0.25) is 4.79 Å². The first-order valence-electron chi connectivity index (χ1n) is 6.09. The molecule has 17 heavy (non-hydrogen) atoms. The molecule has 2 unspecified atom stereocenters. The van der Waals surface area contributed by atoms with Crippen molar-refractivity contribution in [1.29, 1.82) is 0 Å². The summed E-state index contributed by atoms with van der Waals surface area (Å²) >= 11 is 0. The number of carbonyl (C=O) groups excluding carboxylic acids is 1. The van der Waals surface area contributed by atoms with Gasteiger partial charge >= 0.3 is 0 Å². The minimum absolute atomic E-state index is 0.120. The van der Waals surface area contributed by atoms with Crippen molar-refractivity contribution in [2.24, 2.45) is 28.1 Å². The van der Waals surface area contributed by atoms with E-state index in [9.17, 15) is 4.79 Å². The highest BCUT2D eigenvalue weighted by molar-refractivity contribution is 5.85. The van der Waals surface area contributed by atoms with E-state index in [0.29, 0.717) is 13.1 Å². The molecule has 0 spiro atoms. The van der Waals surface area contributed by atoms with Gasteiger partial charge in [-0.25, -0.2) is 0 Å². The molecule has 0 aromatic carbocycles. The number of nitrogens with two attached hydrogens (primary N) is 1. The average Bonchev–Trinajstić information content (AvgIpc) is 2.92. The summed E-state index contributed by atoms with van der Waals surface area (Å²) in [6, 6.07) is 0. The van der Waals surface area contributed by atoms with Crippen LogP contribution in [0.1, 0.15) is 34.1 Å². The van der Waals surface area contributed by atoms with Crippen molar-refractivity contribution >= 4 is 11.7 Å². The predicted molar refractivity (Wildman–Crippen MR) is 66.7 cm³/mol. The zero-order valence-corrected chi connectivity index (χ0v) is 11.1. The first kappa shape index (κ1) is 13.8. The van der Waals surface area contributed by atoms with Crippen LogP contribution in [0.5, 0.6) is 0 Å². The number of rotatable bonds is 5. The first-order chi connectivity index (χ1) is 7.83. The van der Waals surface area contributed by atoms with E-state index < -0.39 is 0 Å². The molecule has 0 radical (unpaired) electrons. The third-order valence-electron chi connectivity index (χ3n) is 3.62. The number of oxime groups is 1. The third kappa shape index (κ3) is 3.11. The Morgan fingerprint density at radius 2 is 2.18 bits per heavy atom. The zero-order valence-electron chi connectivity index (χ0n) is 11.1. The molecule has 1 saturated carbocycles. The fourth-order valence-electron chi connectivity index (χ4n) is 2.01. The van der Waals surface area contributed by atoms with Gasteiger partial charge in [-0.15, -0.1) is 0 Å². The van der Waals surface area contributed by atoms with E-state index in [1.54, 1.807) is 4.90 Å². The van der Waals surface area contributed by atoms with Crippen molar-refractivity contribution in [1.82, 2.24) is 4.90 Å². The molecule has 0 aliphatic heterocycles. The summed E-state index contributed by atoms with van der Waals surface area (Å²) in [5.74, 6) is 0.383. The lowest BCUT2D eigenvalue weighted by Gasteiger charge is -2.24. The van der Waals surface area contributed by atoms with Crippen LogP contribution in [0, 0.1) is 17.3 Å². The molecule has 1 amide bonds. The molecule has 0 aromatic rings. The van der Waals surface area contributed by atoms with Gasteiger partial charge in [0.2, 0.25) is 5.91 Å². The molecular weight excluding hydrogens is 218 g/mol. The lowest BCUT2D eigenvalue weighted by Crippen LogP contribution is -2.40. The molecule has 1 aliphatic rings. The number of carbonyl (C=O) groups is 1. The van der Waals surface area contributed by atoms with E-state index in [-0.39, 0.29) is 29.0 Å². The minimum Gasteiger partial charge on any atom is -0.409 e. The molecule has 0 heterocycles. The maximum Gasteiger partial charge on any atom is 0.226 e. The van der Waals surface area contributed by atoms with Crippen LogP contribution in [0.25, 0.3) is 0 Å². The van der Waals surface area contributed by atoms with Crippen molar-refractivity contribution < 1.29 is 10.0 Å². The molecule has 3 N–H and O–H groups in total. The topological polar surface area (TPSA) is 78.9 Å². The van der Waals surface area contributed by atoms with Gasteiger partial charge < -0.3 is 15.8 Å². The second-order valence-electron chi connectivity index (χ2n) is 5.55. The number of amidine groups is 1. The number of nitrogens with zero attached hydrogens (tertiary/aromatic N) is 2. The van der Waals surface area contributed by atoms with E-state index in [1.165, 1.54) is 0 Å². The van der Waals surface area contributed by atoms with Crippen LogP contribution < -0.4 is 5.73 Å². The van der Waals surface area contributed by atoms with Gasteiger partial charge in [-0.2, -0.15) is 0 Å². The van der Waals surface area contributed by atoms with E-state index in [2.05, 4.69) is 19.0 Å². The summed E-state index contributed by atoms with van der Waals surface area (Å²) in [6.07, 6.45) is 0.959. The van der Waals surface area contributed by atoms with Crippen molar-refractivity contribution in [3.05, 3.63) is 0 Å². The van der Waals surface area contributed by atoms with Crippen LogP contribution in [0.3, 0.4) is 0 Å². The molecule has 1 rings (SSSR count). The fraction of sp³-hybridized carbons (Fsp3) is 0.833. The molecule has 98 valence electrons. The van der Waals surface area contributed by atoms with Gasteiger partial charge in [-0.1, -0.05) is 25.9 Å². The van der Waals surface area contributed by atoms with Crippen molar-refractivity contribution in [3.63, 3.8) is 0 Å². The highest BCUT2D eigenvalue weighted by atomic mass is 16.4. The Morgan fingerprint density at radius 1 is 1.65 bits per heavy atom. The Balaban J connectivity index is 2.58. The third-order valence-corrected chi connectivity index (χ3v) is 3.62. The molecule has 5 heteroatoms. The summed E-state index contributed by atoms with van der Waals surface area (Å²) in [7, 11) is 0. The summed E-state index contributed by atoms with van der Waals surface area (Å²) in [6.45, 7) is 9.19. The van der Waals surface area contributed by atoms with Gasteiger partial charge in [0.15, 0.2) is 0 Å². The highest BCUT2D eigenvalue weighted by Gasteiger charge is 2.51. The molecule has 0 aromatic heterocycles. The number of hydrogen-bond acceptors (Lipinski definition) is 3. The predicted octanol–water partition coefficient (Wildman–Crippen LogP) is 1.26. The van der Waals surface area contributed by atoms with Gasteiger partial charge in [0, 0.05) is 24.9 Å². The summed E-state index contributed by atoms with van der Waals surface area (Å²) in [5.41, 5.74) is 5.67. The normalized spacial score (nSPS) is 24.2. The van der Waals surface area contributed by atoms with Crippen LogP contribution in [-0.2, 0) is 4.79 Å². The number of hydrogen-bond donors (Lipinski definition) is 2. The van der Waals surface area contributed by atoms with E-state index in [1.807, 2.05) is 13.8 Å². The van der Waals surface area contributed by atoms with E-state index in [0.717, 1.165) is 6.42 Å². The van der Waals surface area contributed by atoms with Crippen LogP contribution in [0.2, 0.25) is 0 Å². The second-order valence-corrected chi connectivity index (χ2v) is 5.55. The Kier molecular flexibility index (Phi) is 4.01. The second kappa shape index (κ2) is 4.94. The van der Waals surface area contributed by atoms with Crippen molar-refractivity contribution in [2.45, 2.75) is 34.1 Å². The maximum atomic E-state index is 12.2. The average molecular weight is 241 g/mol. The van der Waals surface area contributed by atoms with E-state index in [4.69, 9.17) is 10.9 Å². The lowest BCUT2D eigenvalue weighted by molar-refractivity contribution is -0.133. The first-order valence-corrected chi connectivity index (χ1v) is 6.09. The summed E-state index contributed by atoms with van der Waals surface area (Å²) in [4.78, 5) is 14.0. The van der Waals surface area contributed by atoms with E-state index >= 15 is 0 Å². The Morgan fingerprint density at radius 3 is 2.53 bits per heavy atom. The zero-order chi connectivity index (χ0) is 13.2. The minimum atomic E-state index is -0.120. The summed E-state index contributed by atoms with van der Waals surface area (Å²) in [5, 5.41) is 11.6.